The minimum Gasteiger partial charge on any atom is -0.341 e. The third kappa shape index (κ3) is 5.39. The number of aromatic nitrogens is 2. The van der Waals surface area contributed by atoms with Gasteiger partial charge < -0.3 is 4.90 Å². The molecule has 0 aliphatic rings. The summed E-state index contributed by atoms with van der Waals surface area (Å²) < 4.78 is 1.75. The second-order valence-corrected chi connectivity index (χ2v) is 6.78. The van der Waals surface area contributed by atoms with Gasteiger partial charge in [-0.1, -0.05) is 11.6 Å². The normalized spacial score (nSPS) is 10.7. The molecule has 6 heteroatoms. The lowest BCUT2D eigenvalue weighted by atomic mass is 10.3. The van der Waals surface area contributed by atoms with E-state index in [9.17, 15) is 4.79 Å². The number of rotatable bonds is 7. The van der Waals surface area contributed by atoms with E-state index >= 15 is 0 Å². The first kappa shape index (κ1) is 16.9. The molecule has 0 bridgehead atoms. The van der Waals surface area contributed by atoms with E-state index < -0.39 is 0 Å². The molecule has 22 heavy (non-hydrogen) atoms. The van der Waals surface area contributed by atoms with Crippen molar-refractivity contribution >= 4 is 29.3 Å². The molecule has 0 radical (unpaired) electrons. The van der Waals surface area contributed by atoms with Gasteiger partial charge in [-0.3, -0.25) is 9.48 Å². The van der Waals surface area contributed by atoms with E-state index in [1.807, 2.05) is 44.6 Å². The van der Waals surface area contributed by atoms with E-state index in [1.54, 1.807) is 27.5 Å². The fourth-order valence-corrected chi connectivity index (χ4v) is 3.03. The highest BCUT2D eigenvalue weighted by atomic mass is 35.5. The van der Waals surface area contributed by atoms with Gasteiger partial charge in [-0.2, -0.15) is 5.10 Å². The number of amides is 1. The zero-order chi connectivity index (χ0) is 15.9. The van der Waals surface area contributed by atoms with Gasteiger partial charge in [-0.15, -0.1) is 11.8 Å². The molecule has 118 valence electrons. The van der Waals surface area contributed by atoms with Crippen LogP contribution in [0.15, 0.2) is 41.6 Å². The summed E-state index contributed by atoms with van der Waals surface area (Å²) in [5.74, 6) is 1.09. The van der Waals surface area contributed by atoms with E-state index in [-0.39, 0.29) is 5.91 Å². The number of carbonyl (C=O) groups is 1. The van der Waals surface area contributed by atoms with Gasteiger partial charge >= 0.3 is 0 Å². The van der Waals surface area contributed by atoms with Gasteiger partial charge in [-0.05, 0) is 36.4 Å². The molecular formula is C16H20ClN3OS. The summed E-state index contributed by atoms with van der Waals surface area (Å²) >= 11 is 7.60. The molecule has 1 heterocycles. The van der Waals surface area contributed by atoms with Crippen LogP contribution < -0.4 is 0 Å². The third-order valence-corrected chi connectivity index (χ3v) is 4.57. The van der Waals surface area contributed by atoms with Crippen molar-refractivity contribution in [2.24, 2.45) is 7.05 Å². The molecule has 1 amide bonds. The number of aryl methyl sites for hydroxylation is 1. The van der Waals surface area contributed by atoms with Crippen LogP contribution in [0.25, 0.3) is 0 Å². The molecule has 0 atom stereocenters. The summed E-state index contributed by atoms with van der Waals surface area (Å²) in [6, 6.07) is 7.78. The van der Waals surface area contributed by atoms with Crippen LogP contribution in [0.3, 0.4) is 0 Å². The summed E-state index contributed by atoms with van der Waals surface area (Å²) in [4.78, 5) is 15.0. The van der Waals surface area contributed by atoms with E-state index in [2.05, 4.69) is 5.10 Å². The van der Waals surface area contributed by atoms with Crippen molar-refractivity contribution in [3.8, 4) is 0 Å². The molecule has 0 unspecified atom stereocenters. The van der Waals surface area contributed by atoms with Gasteiger partial charge in [0.1, 0.15) is 0 Å². The number of nitrogens with zero attached hydrogens (tertiary/aromatic N) is 3. The Morgan fingerprint density at radius 3 is 2.73 bits per heavy atom. The van der Waals surface area contributed by atoms with E-state index in [4.69, 9.17) is 11.6 Å². The molecule has 2 aromatic rings. The predicted molar refractivity (Wildman–Crippen MR) is 91.1 cm³/mol. The molecule has 2 rings (SSSR count). The van der Waals surface area contributed by atoms with Crippen LogP contribution in [0, 0.1) is 0 Å². The summed E-state index contributed by atoms with van der Waals surface area (Å²) in [6.07, 6.45) is 5.15. The number of benzene rings is 1. The Hall–Kier alpha value is -1.46. The molecule has 0 aliphatic carbocycles. The van der Waals surface area contributed by atoms with Crippen molar-refractivity contribution in [3.05, 3.63) is 47.2 Å². The minimum absolute atomic E-state index is 0.167. The van der Waals surface area contributed by atoms with E-state index in [0.717, 1.165) is 22.8 Å². The largest absolute Gasteiger partial charge is 0.341 e. The highest BCUT2D eigenvalue weighted by Gasteiger charge is 2.10. The maximum atomic E-state index is 12.1. The summed E-state index contributed by atoms with van der Waals surface area (Å²) in [5, 5.41) is 4.86. The Morgan fingerprint density at radius 2 is 2.09 bits per heavy atom. The van der Waals surface area contributed by atoms with Gasteiger partial charge in [0.2, 0.25) is 5.91 Å². The molecule has 0 aliphatic heterocycles. The van der Waals surface area contributed by atoms with Crippen LogP contribution in [0.2, 0.25) is 5.02 Å². The smallest absolute Gasteiger partial charge is 0.222 e. The average molecular weight is 338 g/mol. The first-order valence-electron chi connectivity index (χ1n) is 7.14. The Balaban J connectivity index is 1.67. The van der Waals surface area contributed by atoms with Crippen LogP contribution in [0.4, 0.5) is 0 Å². The van der Waals surface area contributed by atoms with Gasteiger partial charge in [0.15, 0.2) is 0 Å². The Labute approximate surface area is 140 Å². The fraction of sp³-hybridized carbons (Fsp3) is 0.375. The van der Waals surface area contributed by atoms with E-state index in [0.29, 0.717) is 13.0 Å². The number of carbonyl (C=O) groups excluding carboxylic acids is 1. The summed E-state index contributed by atoms with van der Waals surface area (Å²) in [6.45, 7) is 0.608. The van der Waals surface area contributed by atoms with Crippen LogP contribution in [-0.4, -0.2) is 33.4 Å². The molecule has 0 saturated heterocycles. The maximum absolute atomic E-state index is 12.1. The number of hydrogen-bond donors (Lipinski definition) is 0. The molecule has 0 spiro atoms. The van der Waals surface area contributed by atoms with Crippen LogP contribution in [0.1, 0.15) is 18.4 Å². The highest BCUT2D eigenvalue weighted by Crippen LogP contribution is 2.21. The first-order valence-corrected chi connectivity index (χ1v) is 8.51. The summed E-state index contributed by atoms with van der Waals surface area (Å²) in [7, 11) is 3.71. The van der Waals surface area contributed by atoms with E-state index in [1.165, 1.54) is 4.90 Å². The predicted octanol–water partition coefficient (Wildman–Crippen LogP) is 3.60. The lowest BCUT2D eigenvalue weighted by molar-refractivity contribution is -0.130. The molecule has 0 fully saturated rings. The SMILES string of the molecule is CN(Cc1cnn(C)c1)C(=O)CCCSc1ccc(Cl)cc1. The molecule has 1 aromatic heterocycles. The average Bonchev–Trinajstić information content (AvgIpc) is 2.90. The quantitative estimate of drug-likeness (QED) is 0.572. The Morgan fingerprint density at radius 1 is 1.36 bits per heavy atom. The van der Waals surface area contributed by atoms with Crippen molar-refractivity contribution in [1.29, 1.82) is 0 Å². The highest BCUT2D eigenvalue weighted by molar-refractivity contribution is 7.99. The van der Waals surface area contributed by atoms with Crippen LogP contribution in [-0.2, 0) is 18.4 Å². The van der Waals surface area contributed by atoms with Gasteiger partial charge in [-0.25, -0.2) is 0 Å². The monoisotopic (exact) mass is 337 g/mol. The topological polar surface area (TPSA) is 38.1 Å². The lowest BCUT2D eigenvalue weighted by Gasteiger charge is -2.16. The zero-order valence-corrected chi connectivity index (χ0v) is 14.4. The minimum atomic E-state index is 0.167. The van der Waals surface area contributed by atoms with Crippen LogP contribution in [0.5, 0.6) is 0 Å². The molecule has 1 aromatic carbocycles. The second kappa shape index (κ2) is 8.25. The maximum Gasteiger partial charge on any atom is 0.222 e. The van der Waals surface area contributed by atoms with Gasteiger partial charge in [0, 0.05) is 48.7 Å². The Kier molecular flexibility index (Phi) is 6.34. The van der Waals surface area contributed by atoms with Crippen molar-refractivity contribution < 1.29 is 4.79 Å². The first-order chi connectivity index (χ1) is 10.5. The standard InChI is InChI=1S/C16H20ClN3OS/c1-19(11-13-10-18-20(2)12-13)16(21)4-3-9-22-15-7-5-14(17)6-8-15/h5-8,10,12H,3-4,9,11H2,1-2H3. The number of thioether (sulfide) groups is 1. The molecule has 0 N–H and O–H groups in total. The van der Waals surface area contributed by atoms with Crippen molar-refractivity contribution in [1.82, 2.24) is 14.7 Å². The van der Waals surface area contributed by atoms with Gasteiger partial charge in [0.05, 0.1) is 6.20 Å². The number of hydrogen-bond acceptors (Lipinski definition) is 3. The van der Waals surface area contributed by atoms with Crippen molar-refractivity contribution in [3.63, 3.8) is 0 Å². The van der Waals surface area contributed by atoms with Crippen molar-refractivity contribution in [2.45, 2.75) is 24.3 Å². The third-order valence-electron chi connectivity index (χ3n) is 3.22. The molecule has 0 saturated carbocycles. The van der Waals surface area contributed by atoms with Crippen molar-refractivity contribution in [2.75, 3.05) is 12.8 Å². The lowest BCUT2D eigenvalue weighted by Crippen LogP contribution is -2.25. The Bertz CT molecular complexity index is 612. The van der Waals surface area contributed by atoms with Crippen LogP contribution >= 0.6 is 23.4 Å². The fourth-order valence-electron chi connectivity index (χ4n) is 2.05. The molecule has 4 nitrogen and oxygen atoms in total. The zero-order valence-electron chi connectivity index (χ0n) is 12.8. The van der Waals surface area contributed by atoms with Gasteiger partial charge in [0.25, 0.3) is 0 Å². The second-order valence-electron chi connectivity index (χ2n) is 5.18. The number of halogens is 1. The summed E-state index contributed by atoms with van der Waals surface area (Å²) in [5.41, 5.74) is 1.05. The molecular weight excluding hydrogens is 318 g/mol.